The second-order valence-corrected chi connectivity index (χ2v) is 4.64. The lowest BCUT2D eigenvalue weighted by Crippen LogP contribution is -1.85. The lowest BCUT2D eigenvalue weighted by Gasteiger charge is -2.03. The van der Waals surface area contributed by atoms with Gasteiger partial charge in [-0.3, -0.25) is 10.1 Å². The molecular weight excluding hydrogens is 280 g/mol. The summed E-state index contributed by atoms with van der Waals surface area (Å²) in [5, 5.41) is 7.91. The molecule has 1 aromatic carbocycles. The van der Waals surface area contributed by atoms with E-state index in [1.54, 1.807) is 6.20 Å². The Morgan fingerprint density at radius 3 is 2.94 bits per heavy atom. The number of anilines is 1. The number of aromatic nitrogens is 3. The number of hydrogen-bond donors (Lipinski definition) is 2. The van der Waals surface area contributed by atoms with Crippen molar-refractivity contribution < 1.29 is 0 Å². The fourth-order valence-electron chi connectivity index (χ4n) is 1.86. The van der Waals surface area contributed by atoms with Gasteiger partial charge in [0.2, 0.25) is 0 Å². The Labute approximate surface area is 106 Å². The minimum absolute atomic E-state index is 0.506. The van der Waals surface area contributed by atoms with Crippen LogP contribution in [0.4, 0.5) is 5.82 Å². The molecular formula is C12H9BrN4. The first-order valence-corrected chi connectivity index (χ1v) is 5.88. The van der Waals surface area contributed by atoms with Gasteiger partial charge in [0.1, 0.15) is 0 Å². The molecule has 17 heavy (non-hydrogen) atoms. The number of benzene rings is 1. The highest BCUT2D eigenvalue weighted by molar-refractivity contribution is 9.10. The Morgan fingerprint density at radius 2 is 2.18 bits per heavy atom. The van der Waals surface area contributed by atoms with E-state index in [4.69, 9.17) is 5.73 Å². The lowest BCUT2D eigenvalue weighted by atomic mass is 10.0. The molecule has 3 rings (SSSR count). The van der Waals surface area contributed by atoms with Crippen molar-refractivity contribution in [2.45, 2.75) is 0 Å². The molecule has 0 atom stereocenters. The quantitative estimate of drug-likeness (QED) is 0.723. The van der Waals surface area contributed by atoms with Gasteiger partial charge in [-0.25, -0.2) is 0 Å². The molecule has 3 aromatic rings. The number of aromatic amines is 1. The van der Waals surface area contributed by atoms with Gasteiger partial charge in [-0.15, -0.1) is 0 Å². The second-order valence-electron chi connectivity index (χ2n) is 3.73. The number of nitrogen functional groups attached to an aromatic ring is 1. The summed E-state index contributed by atoms with van der Waals surface area (Å²) in [4.78, 5) is 4.12. The Bertz CT molecular complexity index is 676. The number of nitrogens with zero attached hydrogens (tertiary/aromatic N) is 2. The summed E-state index contributed by atoms with van der Waals surface area (Å²) in [6, 6.07) is 7.89. The molecule has 0 radical (unpaired) electrons. The van der Waals surface area contributed by atoms with Crippen molar-refractivity contribution in [1.29, 1.82) is 0 Å². The topological polar surface area (TPSA) is 67.6 Å². The van der Waals surface area contributed by atoms with Gasteiger partial charge in [0, 0.05) is 33.4 Å². The van der Waals surface area contributed by atoms with Crippen LogP contribution in [0.1, 0.15) is 0 Å². The molecule has 4 nitrogen and oxygen atoms in total. The number of hydrogen-bond acceptors (Lipinski definition) is 3. The summed E-state index contributed by atoms with van der Waals surface area (Å²) in [7, 11) is 0. The van der Waals surface area contributed by atoms with E-state index in [1.165, 1.54) is 0 Å². The molecule has 0 aliphatic rings. The van der Waals surface area contributed by atoms with Crippen LogP contribution in [-0.2, 0) is 0 Å². The number of halogens is 1. The maximum Gasteiger partial charge on any atom is 0.153 e. The van der Waals surface area contributed by atoms with Crippen LogP contribution in [0.3, 0.4) is 0 Å². The van der Waals surface area contributed by atoms with Gasteiger partial charge in [-0.05, 0) is 18.2 Å². The van der Waals surface area contributed by atoms with Crippen molar-refractivity contribution >= 4 is 32.7 Å². The minimum Gasteiger partial charge on any atom is -0.382 e. The van der Waals surface area contributed by atoms with Crippen LogP contribution in [0.5, 0.6) is 0 Å². The fraction of sp³-hybridized carbons (Fsp3) is 0. The van der Waals surface area contributed by atoms with E-state index in [2.05, 4.69) is 31.1 Å². The highest BCUT2D eigenvalue weighted by atomic mass is 79.9. The number of H-pyrrole nitrogens is 1. The van der Waals surface area contributed by atoms with Crippen LogP contribution in [0.25, 0.3) is 22.0 Å². The van der Waals surface area contributed by atoms with Gasteiger partial charge in [-0.2, -0.15) is 5.10 Å². The standard InChI is InChI=1S/C12H9BrN4/c13-8-4-9(7-2-1-3-15-6-7)11-10(5-8)12(14)17-16-11/h1-6H,(H3,14,16,17). The zero-order chi connectivity index (χ0) is 11.8. The van der Waals surface area contributed by atoms with Gasteiger partial charge in [0.15, 0.2) is 5.82 Å². The smallest absolute Gasteiger partial charge is 0.153 e. The summed E-state index contributed by atoms with van der Waals surface area (Å²) in [5.74, 6) is 0.506. The molecule has 2 aromatic heterocycles. The number of rotatable bonds is 1. The normalized spacial score (nSPS) is 10.9. The SMILES string of the molecule is Nc1n[nH]c2c(-c3cccnc3)cc(Br)cc12. The average Bonchev–Trinajstić information content (AvgIpc) is 2.72. The predicted octanol–water partition coefficient (Wildman–Crippen LogP) is 2.97. The van der Waals surface area contributed by atoms with Crippen molar-refractivity contribution in [2.24, 2.45) is 0 Å². The van der Waals surface area contributed by atoms with E-state index in [9.17, 15) is 0 Å². The number of fused-ring (bicyclic) bond motifs is 1. The molecule has 3 N–H and O–H groups in total. The average molecular weight is 289 g/mol. The van der Waals surface area contributed by atoms with Crippen molar-refractivity contribution in [3.8, 4) is 11.1 Å². The minimum atomic E-state index is 0.506. The Kier molecular flexibility index (Phi) is 2.33. The van der Waals surface area contributed by atoms with E-state index in [0.29, 0.717) is 5.82 Å². The van der Waals surface area contributed by atoms with E-state index in [0.717, 1.165) is 26.5 Å². The molecule has 0 spiro atoms. The van der Waals surface area contributed by atoms with E-state index >= 15 is 0 Å². The molecule has 84 valence electrons. The summed E-state index contributed by atoms with van der Waals surface area (Å²) < 4.78 is 0.969. The number of nitrogens with one attached hydrogen (secondary N) is 1. The molecule has 2 heterocycles. The van der Waals surface area contributed by atoms with E-state index in [-0.39, 0.29) is 0 Å². The molecule has 0 aliphatic heterocycles. The monoisotopic (exact) mass is 288 g/mol. The van der Waals surface area contributed by atoms with Crippen LogP contribution in [0, 0.1) is 0 Å². The van der Waals surface area contributed by atoms with Crippen LogP contribution in [-0.4, -0.2) is 15.2 Å². The molecule has 0 amide bonds. The Balaban J connectivity index is 2.36. The first-order valence-electron chi connectivity index (χ1n) is 5.09. The van der Waals surface area contributed by atoms with E-state index in [1.807, 2.05) is 30.5 Å². The van der Waals surface area contributed by atoms with Crippen LogP contribution in [0.2, 0.25) is 0 Å². The molecule has 5 heteroatoms. The van der Waals surface area contributed by atoms with E-state index < -0.39 is 0 Å². The maximum absolute atomic E-state index is 5.81. The molecule has 0 fully saturated rings. The van der Waals surface area contributed by atoms with Crippen molar-refractivity contribution in [2.75, 3.05) is 5.73 Å². The van der Waals surface area contributed by atoms with Gasteiger partial charge < -0.3 is 5.73 Å². The third-order valence-electron chi connectivity index (χ3n) is 2.64. The Morgan fingerprint density at radius 1 is 1.29 bits per heavy atom. The van der Waals surface area contributed by atoms with Gasteiger partial charge in [0.05, 0.1) is 5.52 Å². The van der Waals surface area contributed by atoms with Crippen molar-refractivity contribution in [3.63, 3.8) is 0 Å². The highest BCUT2D eigenvalue weighted by Crippen LogP contribution is 2.32. The zero-order valence-corrected chi connectivity index (χ0v) is 10.4. The summed E-state index contributed by atoms with van der Waals surface area (Å²) in [6.07, 6.45) is 3.57. The van der Waals surface area contributed by atoms with Crippen LogP contribution in [0.15, 0.2) is 41.1 Å². The Hall–Kier alpha value is -1.88. The van der Waals surface area contributed by atoms with Crippen LogP contribution < -0.4 is 5.73 Å². The first-order chi connectivity index (χ1) is 8.25. The van der Waals surface area contributed by atoms with Gasteiger partial charge in [-0.1, -0.05) is 22.0 Å². The largest absolute Gasteiger partial charge is 0.382 e. The number of pyridine rings is 1. The van der Waals surface area contributed by atoms with Gasteiger partial charge in [0.25, 0.3) is 0 Å². The molecule has 0 saturated carbocycles. The molecule has 0 bridgehead atoms. The van der Waals surface area contributed by atoms with Gasteiger partial charge >= 0.3 is 0 Å². The van der Waals surface area contributed by atoms with Crippen molar-refractivity contribution in [1.82, 2.24) is 15.2 Å². The lowest BCUT2D eigenvalue weighted by molar-refractivity contribution is 1.13. The third kappa shape index (κ3) is 1.68. The molecule has 0 saturated heterocycles. The number of nitrogens with two attached hydrogens (primary N) is 1. The summed E-state index contributed by atoms with van der Waals surface area (Å²) in [5.41, 5.74) is 8.81. The molecule has 0 aliphatic carbocycles. The predicted molar refractivity (Wildman–Crippen MR) is 71.4 cm³/mol. The third-order valence-corrected chi connectivity index (χ3v) is 3.10. The maximum atomic E-state index is 5.81. The fourth-order valence-corrected chi connectivity index (χ4v) is 2.31. The summed E-state index contributed by atoms with van der Waals surface area (Å²) >= 11 is 3.48. The highest BCUT2D eigenvalue weighted by Gasteiger charge is 2.10. The molecule has 0 unspecified atom stereocenters. The first kappa shape index (κ1) is 10.3. The van der Waals surface area contributed by atoms with Crippen molar-refractivity contribution in [3.05, 3.63) is 41.1 Å². The zero-order valence-electron chi connectivity index (χ0n) is 8.81. The summed E-state index contributed by atoms with van der Waals surface area (Å²) in [6.45, 7) is 0. The second kappa shape index (κ2) is 3.85. The van der Waals surface area contributed by atoms with Crippen LogP contribution >= 0.6 is 15.9 Å².